The monoisotopic (exact) mass is 384 g/mol. The second kappa shape index (κ2) is 6.56. The number of carbonyl (C=O) groups excluding carboxylic acids is 1. The van der Waals surface area contributed by atoms with Crippen LogP contribution in [-0.4, -0.2) is 29.2 Å². The van der Waals surface area contributed by atoms with E-state index in [9.17, 15) is 24.1 Å². The van der Waals surface area contributed by atoms with Crippen LogP contribution in [-0.2, 0) is 4.74 Å². The summed E-state index contributed by atoms with van der Waals surface area (Å²) in [6.07, 6.45) is 2.66. The summed E-state index contributed by atoms with van der Waals surface area (Å²) in [5.41, 5.74) is -2.33. The second-order valence-corrected chi connectivity index (χ2v) is 6.10. The number of pyridine rings is 1. The highest BCUT2D eigenvalue weighted by atomic mass is 35.5. The maximum Gasteiger partial charge on any atom is 0.343 e. The number of rotatable bonds is 5. The van der Waals surface area contributed by atoms with E-state index >= 15 is 0 Å². The lowest BCUT2D eigenvalue weighted by atomic mass is 10.1. The lowest BCUT2D eigenvalue weighted by molar-refractivity contribution is -0.383. The number of aromatic nitrogens is 1. The molecule has 1 aliphatic rings. The van der Waals surface area contributed by atoms with Crippen LogP contribution < -0.4 is 10.2 Å². The Kier molecular flexibility index (Phi) is 4.57. The van der Waals surface area contributed by atoms with Gasteiger partial charge in [0.2, 0.25) is 5.43 Å². The molecule has 10 heteroatoms. The molecule has 0 unspecified atom stereocenters. The van der Waals surface area contributed by atoms with Gasteiger partial charge in [-0.3, -0.25) is 14.9 Å². The van der Waals surface area contributed by atoms with E-state index in [0.717, 1.165) is 0 Å². The largest absolute Gasteiger partial charge is 0.491 e. The Labute approximate surface area is 151 Å². The van der Waals surface area contributed by atoms with Crippen LogP contribution in [0.4, 0.5) is 10.1 Å². The standard InChI is InChI=1S/C16H14ClFN2O6/c1-3-26-16(22)8-6-19(7-4-5-7)13-9(14(8)21)12(20(23)24)10(17)11(18)15(13)25-2/h6-7H,3-5H2,1-2H3. The van der Waals surface area contributed by atoms with Gasteiger partial charge in [0.1, 0.15) is 16.5 Å². The zero-order valence-corrected chi connectivity index (χ0v) is 14.6. The molecule has 0 bridgehead atoms. The third-order valence-corrected chi connectivity index (χ3v) is 4.45. The van der Waals surface area contributed by atoms with Crippen molar-refractivity contribution in [3.05, 3.63) is 42.9 Å². The van der Waals surface area contributed by atoms with Crippen molar-refractivity contribution >= 4 is 34.2 Å². The zero-order chi connectivity index (χ0) is 19.2. The Morgan fingerprint density at radius 1 is 1.50 bits per heavy atom. The molecule has 1 aliphatic carbocycles. The van der Waals surface area contributed by atoms with Crippen LogP contribution in [0.2, 0.25) is 5.02 Å². The number of halogens is 2. The number of fused-ring (bicyclic) bond motifs is 1. The number of methoxy groups -OCH3 is 1. The van der Waals surface area contributed by atoms with Crippen molar-refractivity contribution in [3.63, 3.8) is 0 Å². The van der Waals surface area contributed by atoms with Crippen LogP contribution in [0.1, 0.15) is 36.2 Å². The zero-order valence-electron chi connectivity index (χ0n) is 13.9. The minimum Gasteiger partial charge on any atom is -0.491 e. The maximum atomic E-state index is 14.6. The molecule has 0 spiro atoms. The van der Waals surface area contributed by atoms with Crippen molar-refractivity contribution in [1.29, 1.82) is 0 Å². The van der Waals surface area contributed by atoms with E-state index in [1.807, 2.05) is 0 Å². The normalized spacial score (nSPS) is 13.7. The highest BCUT2D eigenvalue weighted by Crippen LogP contribution is 2.45. The first-order valence-corrected chi connectivity index (χ1v) is 8.16. The Morgan fingerprint density at radius 3 is 2.65 bits per heavy atom. The average molecular weight is 385 g/mol. The Hall–Kier alpha value is -2.68. The molecule has 8 nitrogen and oxygen atoms in total. The van der Waals surface area contributed by atoms with Gasteiger partial charge < -0.3 is 14.0 Å². The number of esters is 1. The number of hydrogen-bond donors (Lipinski definition) is 0. The van der Waals surface area contributed by atoms with Gasteiger partial charge in [0.25, 0.3) is 0 Å². The van der Waals surface area contributed by atoms with Crippen molar-refractivity contribution in [2.24, 2.45) is 0 Å². The first kappa shape index (κ1) is 18.1. The van der Waals surface area contributed by atoms with Crippen molar-refractivity contribution in [1.82, 2.24) is 4.57 Å². The number of carbonyl (C=O) groups is 1. The number of ether oxygens (including phenoxy) is 2. The minimum absolute atomic E-state index is 0.0231. The quantitative estimate of drug-likeness (QED) is 0.445. The lowest BCUT2D eigenvalue weighted by Crippen LogP contribution is -2.22. The van der Waals surface area contributed by atoms with E-state index in [0.29, 0.717) is 12.8 Å². The summed E-state index contributed by atoms with van der Waals surface area (Å²) in [6, 6.07) is -0.139. The molecule has 0 amide bonds. The fourth-order valence-corrected chi connectivity index (χ4v) is 3.10. The van der Waals surface area contributed by atoms with Crippen molar-refractivity contribution in [2.45, 2.75) is 25.8 Å². The molecule has 0 radical (unpaired) electrons. The van der Waals surface area contributed by atoms with Crippen LogP contribution >= 0.6 is 11.6 Å². The van der Waals surface area contributed by atoms with E-state index in [1.165, 1.54) is 17.9 Å². The topological polar surface area (TPSA) is 101 Å². The predicted octanol–water partition coefficient (Wildman–Crippen LogP) is 3.22. The van der Waals surface area contributed by atoms with E-state index in [2.05, 4.69) is 0 Å². The van der Waals surface area contributed by atoms with Crippen molar-refractivity contribution < 1.29 is 23.6 Å². The smallest absolute Gasteiger partial charge is 0.343 e. The Bertz CT molecular complexity index is 999. The van der Waals surface area contributed by atoms with Gasteiger partial charge in [-0.2, -0.15) is 0 Å². The van der Waals surface area contributed by atoms with Crippen LogP contribution in [0.15, 0.2) is 11.0 Å². The fraction of sp³-hybridized carbons (Fsp3) is 0.375. The number of nitrogens with zero attached hydrogens (tertiary/aromatic N) is 2. The number of benzene rings is 1. The van der Waals surface area contributed by atoms with Gasteiger partial charge in [-0.05, 0) is 19.8 Å². The fourth-order valence-electron chi connectivity index (χ4n) is 2.85. The molecule has 3 rings (SSSR count). The lowest BCUT2D eigenvalue weighted by Gasteiger charge is -2.16. The first-order valence-electron chi connectivity index (χ1n) is 7.78. The highest BCUT2D eigenvalue weighted by molar-refractivity contribution is 6.34. The van der Waals surface area contributed by atoms with Crippen LogP contribution in [0.3, 0.4) is 0 Å². The SMILES string of the molecule is CCOC(=O)c1cn(C2CC2)c2c(OC)c(F)c(Cl)c([N+](=O)[O-])c2c1=O. The first-order chi connectivity index (χ1) is 12.3. The second-order valence-electron chi connectivity index (χ2n) is 5.72. The molecule has 2 aromatic rings. The molecule has 0 atom stereocenters. The van der Waals surface area contributed by atoms with E-state index in [-0.39, 0.29) is 29.5 Å². The maximum absolute atomic E-state index is 14.6. The summed E-state index contributed by atoms with van der Waals surface area (Å²) in [7, 11) is 1.17. The Balaban J connectivity index is 2.55. The number of hydrogen-bond acceptors (Lipinski definition) is 6. The summed E-state index contributed by atoms with van der Waals surface area (Å²) >= 11 is 5.80. The molecule has 138 valence electrons. The van der Waals surface area contributed by atoms with Gasteiger partial charge in [0, 0.05) is 12.2 Å². The Morgan fingerprint density at radius 2 is 2.15 bits per heavy atom. The summed E-state index contributed by atoms with van der Waals surface area (Å²) in [6.45, 7) is 1.59. The molecule has 0 N–H and O–H groups in total. The van der Waals surface area contributed by atoms with E-state index < -0.39 is 38.2 Å². The minimum atomic E-state index is -1.13. The molecule has 1 saturated carbocycles. The van der Waals surface area contributed by atoms with Crippen LogP contribution in [0, 0.1) is 15.9 Å². The third kappa shape index (κ3) is 2.68. The summed E-state index contributed by atoms with van der Waals surface area (Å²) < 4.78 is 25.9. The predicted molar refractivity (Wildman–Crippen MR) is 90.6 cm³/mol. The van der Waals surface area contributed by atoms with Gasteiger partial charge >= 0.3 is 11.7 Å². The van der Waals surface area contributed by atoms with Gasteiger partial charge in [-0.15, -0.1) is 0 Å². The molecule has 1 heterocycles. The number of nitro groups is 1. The molecule has 1 fully saturated rings. The molecule has 0 aliphatic heterocycles. The summed E-state index contributed by atoms with van der Waals surface area (Å²) in [5.74, 6) is -2.43. The molecule has 0 saturated heterocycles. The molecular formula is C16H14ClFN2O6. The average Bonchev–Trinajstić information content (AvgIpc) is 3.41. The van der Waals surface area contributed by atoms with Crippen molar-refractivity contribution in [3.8, 4) is 5.75 Å². The molecule has 1 aromatic heterocycles. The molecule has 1 aromatic carbocycles. The third-order valence-electron chi connectivity index (χ3n) is 4.11. The van der Waals surface area contributed by atoms with Gasteiger partial charge in [-0.25, -0.2) is 9.18 Å². The number of nitro benzene ring substituents is 1. The highest BCUT2D eigenvalue weighted by Gasteiger charge is 2.35. The van der Waals surface area contributed by atoms with E-state index in [1.54, 1.807) is 6.92 Å². The van der Waals surface area contributed by atoms with Gasteiger partial charge in [-0.1, -0.05) is 11.6 Å². The van der Waals surface area contributed by atoms with Gasteiger partial charge in [0.15, 0.2) is 16.6 Å². The van der Waals surface area contributed by atoms with Crippen molar-refractivity contribution in [2.75, 3.05) is 13.7 Å². The summed E-state index contributed by atoms with van der Waals surface area (Å²) in [5, 5.41) is 10.2. The van der Waals surface area contributed by atoms with Gasteiger partial charge in [0.05, 0.1) is 18.6 Å². The molecule has 26 heavy (non-hydrogen) atoms. The van der Waals surface area contributed by atoms with Crippen LogP contribution in [0.5, 0.6) is 5.75 Å². The summed E-state index contributed by atoms with van der Waals surface area (Å²) in [4.78, 5) is 35.5. The molecular weight excluding hydrogens is 371 g/mol. The van der Waals surface area contributed by atoms with E-state index in [4.69, 9.17) is 21.1 Å². The van der Waals surface area contributed by atoms with Crippen LogP contribution in [0.25, 0.3) is 10.9 Å².